The maximum atomic E-state index is 6.13. The van der Waals surface area contributed by atoms with Crippen molar-refractivity contribution in [2.24, 2.45) is 11.5 Å². The van der Waals surface area contributed by atoms with Gasteiger partial charge in [-0.3, -0.25) is 0 Å². The zero-order chi connectivity index (χ0) is 12.5. The van der Waals surface area contributed by atoms with Crippen molar-refractivity contribution in [3.05, 3.63) is 28.3 Å². The summed E-state index contributed by atoms with van der Waals surface area (Å²) in [6.45, 7) is 8.09. The van der Waals surface area contributed by atoms with E-state index in [1.54, 1.807) is 7.11 Å². The zero-order valence-corrected chi connectivity index (χ0v) is 10.8. The fourth-order valence-corrected chi connectivity index (χ4v) is 2.01. The minimum absolute atomic E-state index is 0.0882. The molecule has 1 aromatic rings. The average molecular weight is 222 g/mol. The quantitative estimate of drug-likeness (QED) is 0.822. The smallest absolute Gasteiger partial charge is 0.127 e. The number of hydrogen-bond acceptors (Lipinski definition) is 3. The molecule has 1 rings (SSSR count). The number of nitrogens with two attached hydrogens (primary N) is 2. The molecule has 0 aliphatic heterocycles. The molecular formula is C13H22N2O. The first kappa shape index (κ1) is 13.0. The first-order chi connectivity index (χ1) is 7.40. The highest BCUT2D eigenvalue weighted by atomic mass is 16.5. The van der Waals surface area contributed by atoms with Crippen molar-refractivity contribution in [2.75, 3.05) is 7.11 Å². The van der Waals surface area contributed by atoms with Crippen LogP contribution in [0.1, 0.15) is 35.2 Å². The summed E-state index contributed by atoms with van der Waals surface area (Å²) in [6, 6.07) is 1.86. The molecule has 2 atom stereocenters. The van der Waals surface area contributed by atoms with E-state index in [0.717, 1.165) is 22.4 Å². The van der Waals surface area contributed by atoms with E-state index in [-0.39, 0.29) is 12.1 Å². The molecule has 2 unspecified atom stereocenters. The van der Waals surface area contributed by atoms with Crippen molar-refractivity contribution in [1.29, 1.82) is 0 Å². The van der Waals surface area contributed by atoms with Gasteiger partial charge in [0.15, 0.2) is 0 Å². The number of rotatable bonds is 3. The third-order valence-corrected chi connectivity index (χ3v) is 3.14. The Morgan fingerprint density at radius 2 is 1.69 bits per heavy atom. The number of methoxy groups -OCH3 is 1. The van der Waals surface area contributed by atoms with E-state index in [0.29, 0.717) is 0 Å². The van der Waals surface area contributed by atoms with Crippen LogP contribution in [0.2, 0.25) is 0 Å². The maximum absolute atomic E-state index is 6.13. The lowest BCUT2D eigenvalue weighted by molar-refractivity contribution is 0.398. The molecule has 0 aromatic heterocycles. The van der Waals surface area contributed by atoms with E-state index in [1.807, 2.05) is 20.8 Å². The second-order valence-corrected chi connectivity index (χ2v) is 4.47. The molecule has 0 saturated heterocycles. The summed E-state index contributed by atoms with van der Waals surface area (Å²) in [4.78, 5) is 0. The largest absolute Gasteiger partial charge is 0.496 e. The van der Waals surface area contributed by atoms with Crippen LogP contribution in [-0.4, -0.2) is 13.2 Å². The summed E-state index contributed by atoms with van der Waals surface area (Å²) < 4.78 is 5.47. The van der Waals surface area contributed by atoms with Gasteiger partial charge in [-0.25, -0.2) is 0 Å². The molecule has 0 heterocycles. The molecule has 0 bridgehead atoms. The molecule has 3 heteroatoms. The van der Waals surface area contributed by atoms with E-state index >= 15 is 0 Å². The summed E-state index contributed by atoms with van der Waals surface area (Å²) in [5.41, 5.74) is 16.5. The molecule has 0 spiro atoms. The average Bonchev–Trinajstić information content (AvgIpc) is 2.21. The second-order valence-electron chi connectivity index (χ2n) is 4.47. The highest BCUT2D eigenvalue weighted by Crippen LogP contribution is 2.33. The van der Waals surface area contributed by atoms with E-state index in [9.17, 15) is 0 Å². The van der Waals surface area contributed by atoms with Gasteiger partial charge in [0.05, 0.1) is 7.11 Å². The van der Waals surface area contributed by atoms with Crippen LogP contribution in [0.25, 0.3) is 0 Å². The van der Waals surface area contributed by atoms with Gasteiger partial charge in [-0.05, 0) is 44.4 Å². The van der Waals surface area contributed by atoms with Crippen molar-refractivity contribution < 1.29 is 4.74 Å². The van der Waals surface area contributed by atoms with Gasteiger partial charge in [-0.1, -0.05) is 6.07 Å². The lowest BCUT2D eigenvalue weighted by atomic mass is 9.92. The van der Waals surface area contributed by atoms with Crippen molar-refractivity contribution >= 4 is 0 Å². The van der Waals surface area contributed by atoms with Gasteiger partial charge in [0.25, 0.3) is 0 Å². The minimum Gasteiger partial charge on any atom is -0.496 e. The molecule has 0 radical (unpaired) electrons. The van der Waals surface area contributed by atoms with Gasteiger partial charge in [0.2, 0.25) is 0 Å². The molecule has 0 aliphatic carbocycles. The summed E-state index contributed by atoms with van der Waals surface area (Å²) in [5.74, 6) is 0.877. The predicted octanol–water partition coefficient (Wildman–Crippen LogP) is 1.97. The van der Waals surface area contributed by atoms with Crippen molar-refractivity contribution in [3.8, 4) is 5.75 Å². The highest BCUT2D eigenvalue weighted by Gasteiger charge is 2.20. The van der Waals surface area contributed by atoms with Crippen molar-refractivity contribution in [1.82, 2.24) is 0 Å². The van der Waals surface area contributed by atoms with E-state index < -0.39 is 0 Å². The molecule has 4 N–H and O–H groups in total. The summed E-state index contributed by atoms with van der Waals surface area (Å²) >= 11 is 0. The molecule has 90 valence electrons. The Labute approximate surface area is 97.8 Å². The monoisotopic (exact) mass is 222 g/mol. The summed E-state index contributed by atoms with van der Waals surface area (Å²) in [7, 11) is 1.68. The Morgan fingerprint density at radius 3 is 2.12 bits per heavy atom. The summed E-state index contributed by atoms with van der Waals surface area (Å²) in [5, 5.41) is 0. The number of benzene rings is 1. The molecule has 16 heavy (non-hydrogen) atoms. The molecule has 0 fully saturated rings. The van der Waals surface area contributed by atoms with Gasteiger partial charge in [-0.15, -0.1) is 0 Å². The van der Waals surface area contributed by atoms with Crippen molar-refractivity contribution in [3.63, 3.8) is 0 Å². The van der Waals surface area contributed by atoms with Gasteiger partial charge in [-0.2, -0.15) is 0 Å². The van der Waals surface area contributed by atoms with Crippen LogP contribution in [0.3, 0.4) is 0 Å². The minimum atomic E-state index is -0.186. The first-order valence-electron chi connectivity index (χ1n) is 5.56. The predicted molar refractivity (Wildman–Crippen MR) is 67.8 cm³/mol. The Hall–Kier alpha value is -1.06. The van der Waals surface area contributed by atoms with Crippen LogP contribution in [-0.2, 0) is 0 Å². The van der Waals surface area contributed by atoms with Crippen molar-refractivity contribution in [2.45, 2.75) is 39.8 Å². The van der Waals surface area contributed by atoms with E-state index in [2.05, 4.69) is 13.0 Å². The van der Waals surface area contributed by atoms with Crippen LogP contribution in [0.4, 0.5) is 0 Å². The fourth-order valence-electron chi connectivity index (χ4n) is 2.01. The highest BCUT2D eigenvalue weighted by molar-refractivity contribution is 5.51. The lowest BCUT2D eigenvalue weighted by Crippen LogP contribution is -2.32. The third-order valence-electron chi connectivity index (χ3n) is 3.14. The fraction of sp³-hybridized carbons (Fsp3) is 0.538. The first-order valence-corrected chi connectivity index (χ1v) is 5.56. The van der Waals surface area contributed by atoms with Crippen LogP contribution >= 0.6 is 0 Å². The van der Waals surface area contributed by atoms with Crippen LogP contribution in [0.15, 0.2) is 6.07 Å². The zero-order valence-electron chi connectivity index (χ0n) is 10.8. The van der Waals surface area contributed by atoms with E-state index in [1.165, 1.54) is 5.56 Å². The molecule has 0 aliphatic rings. The summed E-state index contributed by atoms with van der Waals surface area (Å²) in [6.07, 6.45) is 0. The third kappa shape index (κ3) is 2.20. The number of aryl methyl sites for hydroxylation is 2. The maximum Gasteiger partial charge on any atom is 0.127 e. The van der Waals surface area contributed by atoms with Crippen LogP contribution < -0.4 is 16.2 Å². The number of hydrogen-bond donors (Lipinski definition) is 2. The second kappa shape index (κ2) is 4.85. The Morgan fingerprint density at radius 1 is 1.12 bits per heavy atom. The Bertz CT molecular complexity index is 386. The molecule has 3 nitrogen and oxygen atoms in total. The van der Waals surface area contributed by atoms with Gasteiger partial charge in [0, 0.05) is 17.6 Å². The van der Waals surface area contributed by atoms with Crippen LogP contribution in [0, 0.1) is 20.8 Å². The van der Waals surface area contributed by atoms with Gasteiger partial charge in [0.1, 0.15) is 5.75 Å². The molecular weight excluding hydrogens is 200 g/mol. The van der Waals surface area contributed by atoms with Gasteiger partial charge >= 0.3 is 0 Å². The standard InChI is InChI=1S/C13H22N2O/c1-7-6-8(2)11(12(15)10(4)14)13(16-5)9(7)3/h6,10,12H,14-15H2,1-5H3. The molecule has 0 saturated carbocycles. The lowest BCUT2D eigenvalue weighted by Gasteiger charge is -2.23. The van der Waals surface area contributed by atoms with Crippen LogP contribution in [0.5, 0.6) is 5.75 Å². The Balaban J connectivity index is 3.42. The topological polar surface area (TPSA) is 61.3 Å². The van der Waals surface area contributed by atoms with E-state index in [4.69, 9.17) is 16.2 Å². The SMILES string of the molecule is COc1c(C)c(C)cc(C)c1C(N)C(C)N. The van der Waals surface area contributed by atoms with Gasteiger partial charge < -0.3 is 16.2 Å². The Kier molecular flexibility index (Phi) is 3.94. The molecule has 1 aromatic carbocycles. The number of ether oxygens (including phenoxy) is 1. The normalized spacial score (nSPS) is 14.7. The molecule has 0 amide bonds.